The molecule has 102 valence electrons. The van der Waals surface area contributed by atoms with Crippen LogP contribution in [0.2, 0.25) is 5.02 Å². The molecule has 0 aromatic heterocycles. The molecule has 0 spiro atoms. The van der Waals surface area contributed by atoms with Crippen molar-refractivity contribution in [1.82, 2.24) is 0 Å². The van der Waals surface area contributed by atoms with Crippen LogP contribution in [0.5, 0.6) is 0 Å². The number of rotatable bonds is 6. The molecule has 0 saturated carbocycles. The van der Waals surface area contributed by atoms with E-state index in [4.69, 9.17) is 11.6 Å². The lowest BCUT2D eigenvalue weighted by atomic mass is 10.1. The van der Waals surface area contributed by atoms with Gasteiger partial charge in [-0.05, 0) is 30.5 Å². The van der Waals surface area contributed by atoms with E-state index in [0.717, 1.165) is 19.4 Å². The fraction of sp³-hybridized carbons (Fsp3) is 0.538. The molecule has 0 amide bonds. The van der Waals surface area contributed by atoms with Gasteiger partial charge in [0.2, 0.25) is 0 Å². The van der Waals surface area contributed by atoms with Gasteiger partial charge in [0, 0.05) is 12.8 Å². The van der Waals surface area contributed by atoms with Crippen LogP contribution >= 0.6 is 11.6 Å². The Morgan fingerprint density at radius 3 is 2.61 bits per heavy atom. The van der Waals surface area contributed by atoms with Gasteiger partial charge in [0.25, 0.3) is 0 Å². The fourth-order valence-corrected chi connectivity index (χ4v) is 2.58. The summed E-state index contributed by atoms with van der Waals surface area (Å²) in [6, 6.07) is 4.74. The molecule has 5 heteroatoms. The number of anilines is 1. The Morgan fingerprint density at radius 1 is 1.39 bits per heavy atom. The summed E-state index contributed by atoms with van der Waals surface area (Å²) in [6.07, 6.45) is 3.47. The molecule has 1 aromatic carbocycles. The summed E-state index contributed by atoms with van der Waals surface area (Å²) in [7, 11) is -3.19. The first kappa shape index (κ1) is 15.3. The number of benzene rings is 1. The lowest BCUT2D eigenvalue weighted by Gasteiger charge is -2.14. The second-order valence-corrected chi connectivity index (χ2v) is 7.11. The third-order valence-corrected chi connectivity index (χ3v) is 4.23. The fourth-order valence-electron chi connectivity index (χ4n) is 1.75. The molecule has 3 nitrogen and oxygen atoms in total. The smallest absolute Gasteiger partial charge is 0.175 e. The maximum atomic E-state index is 11.5. The SMILES string of the molecule is CCCC(C)CNc1cc(S(C)(=O)=O)ccc1Cl. The van der Waals surface area contributed by atoms with Crippen molar-refractivity contribution in [3.8, 4) is 0 Å². The highest BCUT2D eigenvalue weighted by atomic mass is 35.5. The van der Waals surface area contributed by atoms with Gasteiger partial charge in [-0.25, -0.2) is 8.42 Å². The molecule has 0 aliphatic rings. The molecule has 0 aliphatic carbocycles. The number of hydrogen-bond donors (Lipinski definition) is 1. The lowest BCUT2D eigenvalue weighted by Crippen LogP contribution is -2.11. The molecular formula is C13H20ClNO2S. The van der Waals surface area contributed by atoms with Gasteiger partial charge in [-0.15, -0.1) is 0 Å². The molecule has 0 saturated heterocycles. The molecule has 1 atom stereocenters. The van der Waals surface area contributed by atoms with Gasteiger partial charge >= 0.3 is 0 Å². The zero-order valence-corrected chi connectivity index (χ0v) is 12.6. The molecule has 0 heterocycles. The summed E-state index contributed by atoms with van der Waals surface area (Å²) in [5.41, 5.74) is 0.683. The highest BCUT2D eigenvalue weighted by molar-refractivity contribution is 7.90. The predicted octanol–water partition coefficient (Wildman–Crippen LogP) is 3.59. The first-order valence-corrected chi connectivity index (χ1v) is 8.35. The van der Waals surface area contributed by atoms with Crippen LogP contribution in [0.4, 0.5) is 5.69 Å². The summed E-state index contributed by atoms with van der Waals surface area (Å²) in [4.78, 5) is 0.289. The molecule has 0 aliphatic heterocycles. The van der Waals surface area contributed by atoms with Gasteiger partial charge in [0.1, 0.15) is 0 Å². The first-order valence-electron chi connectivity index (χ1n) is 6.08. The Balaban J connectivity index is 2.82. The molecule has 0 fully saturated rings. The predicted molar refractivity (Wildman–Crippen MR) is 77.1 cm³/mol. The average molecular weight is 290 g/mol. The second kappa shape index (κ2) is 6.43. The van der Waals surface area contributed by atoms with Gasteiger partial charge in [-0.3, -0.25) is 0 Å². The Labute approximate surface area is 114 Å². The molecule has 1 aromatic rings. The largest absolute Gasteiger partial charge is 0.384 e. The van der Waals surface area contributed by atoms with E-state index in [1.165, 1.54) is 12.3 Å². The minimum absolute atomic E-state index is 0.289. The van der Waals surface area contributed by atoms with E-state index in [1.807, 2.05) is 0 Å². The Morgan fingerprint density at radius 2 is 2.06 bits per heavy atom. The Kier molecular flexibility index (Phi) is 5.47. The zero-order valence-electron chi connectivity index (χ0n) is 11.0. The first-order chi connectivity index (χ1) is 8.34. The molecular weight excluding hydrogens is 270 g/mol. The summed E-state index contributed by atoms with van der Waals surface area (Å²) in [5.74, 6) is 0.535. The van der Waals surface area contributed by atoms with Gasteiger partial charge < -0.3 is 5.32 Å². The normalized spacial score (nSPS) is 13.3. The van der Waals surface area contributed by atoms with Gasteiger partial charge in [0.15, 0.2) is 9.84 Å². The number of sulfone groups is 1. The van der Waals surface area contributed by atoms with Crippen LogP contribution < -0.4 is 5.32 Å². The minimum Gasteiger partial charge on any atom is -0.384 e. The van der Waals surface area contributed by atoms with E-state index >= 15 is 0 Å². The summed E-state index contributed by atoms with van der Waals surface area (Å²) in [6.45, 7) is 5.10. The van der Waals surface area contributed by atoms with Crippen molar-refractivity contribution >= 4 is 27.1 Å². The van der Waals surface area contributed by atoms with Crippen LogP contribution in [0, 0.1) is 5.92 Å². The van der Waals surface area contributed by atoms with Crippen LogP contribution in [0.1, 0.15) is 26.7 Å². The maximum Gasteiger partial charge on any atom is 0.175 e. The Bertz CT molecular complexity index is 500. The summed E-state index contributed by atoms with van der Waals surface area (Å²) < 4.78 is 22.9. The second-order valence-electron chi connectivity index (χ2n) is 4.69. The monoisotopic (exact) mass is 289 g/mol. The summed E-state index contributed by atoms with van der Waals surface area (Å²) in [5, 5.41) is 3.76. The topological polar surface area (TPSA) is 46.2 Å². The van der Waals surface area contributed by atoms with Crippen molar-refractivity contribution in [2.45, 2.75) is 31.6 Å². The van der Waals surface area contributed by atoms with Crippen LogP contribution in [0.25, 0.3) is 0 Å². The third kappa shape index (κ3) is 4.50. The van der Waals surface area contributed by atoms with Crippen molar-refractivity contribution in [2.75, 3.05) is 18.1 Å². The average Bonchev–Trinajstić information content (AvgIpc) is 2.26. The van der Waals surface area contributed by atoms with Crippen LogP contribution in [0.3, 0.4) is 0 Å². The quantitative estimate of drug-likeness (QED) is 0.870. The molecule has 0 radical (unpaired) electrons. The van der Waals surface area contributed by atoms with Gasteiger partial charge in [-0.1, -0.05) is 31.9 Å². The van der Waals surface area contributed by atoms with Crippen molar-refractivity contribution in [3.63, 3.8) is 0 Å². The molecule has 1 rings (SSSR count). The van der Waals surface area contributed by atoms with E-state index in [0.29, 0.717) is 16.6 Å². The van der Waals surface area contributed by atoms with Gasteiger partial charge in [-0.2, -0.15) is 0 Å². The van der Waals surface area contributed by atoms with E-state index in [1.54, 1.807) is 12.1 Å². The Hall–Kier alpha value is -0.740. The van der Waals surface area contributed by atoms with Crippen molar-refractivity contribution < 1.29 is 8.42 Å². The minimum atomic E-state index is -3.19. The van der Waals surface area contributed by atoms with Gasteiger partial charge in [0.05, 0.1) is 15.6 Å². The van der Waals surface area contributed by atoms with Crippen molar-refractivity contribution in [2.24, 2.45) is 5.92 Å². The highest BCUT2D eigenvalue weighted by Gasteiger charge is 2.10. The van der Waals surface area contributed by atoms with E-state index in [9.17, 15) is 8.42 Å². The molecule has 1 N–H and O–H groups in total. The summed E-state index contributed by atoms with van der Waals surface area (Å²) >= 11 is 6.05. The number of nitrogens with one attached hydrogen (secondary N) is 1. The molecule has 18 heavy (non-hydrogen) atoms. The van der Waals surface area contributed by atoms with E-state index in [-0.39, 0.29) is 4.90 Å². The van der Waals surface area contributed by atoms with E-state index in [2.05, 4.69) is 19.2 Å². The number of hydrogen-bond acceptors (Lipinski definition) is 3. The lowest BCUT2D eigenvalue weighted by molar-refractivity contribution is 0.550. The van der Waals surface area contributed by atoms with Crippen LogP contribution in [-0.4, -0.2) is 21.2 Å². The van der Waals surface area contributed by atoms with E-state index < -0.39 is 9.84 Å². The van der Waals surface area contributed by atoms with Crippen LogP contribution in [0.15, 0.2) is 23.1 Å². The molecule has 1 unspecified atom stereocenters. The third-order valence-electron chi connectivity index (χ3n) is 2.79. The highest BCUT2D eigenvalue weighted by Crippen LogP contribution is 2.25. The zero-order chi connectivity index (χ0) is 13.8. The number of halogens is 1. The molecule has 0 bridgehead atoms. The van der Waals surface area contributed by atoms with Crippen molar-refractivity contribution in [1.29, 1.82) is 0 Å². The van der Waals surface area contributed by atoms with Crippen LogP contribution in [-0.2, 0) is 9.84 Å². The maximum absolute atomic E-state index is 11.5. The standard InChI is InChI=1S/C13H20ClNO2S/c1-4-5-10(2)9-15-13-8-11(18(3,16)17)6-7-12(13)14/h6-8,10,15H,4-5,9H2,1-3H3. The van der Waals surface area contributed by atoms with Crippen molar-refractivity contribution in [3.05, 3.63) is 23.2 Å².